The molecule has 0 amide bonds. The third kappa shape index (κ3) is 3.69. The Morgan fingerprint density at radius 1 is 1.14 bits per heavy atom. The zero-order chi connectivity index (χ0) is 15.2. The predicted molar refractivity (Wildman–Crippen MR) is 80.9 cm³/mol. The van der Waals surface area contributed by atoms with Gasteiger partial charge in [-0.05, 0) is 29.8 Å². The summed E-state index contributed by atoms with van der Waals surface area (Å²) in [7, 11) is 0. The summed E-state index contributed by atoms with van der Waals surface area (Å²) in [6.45, 7) is 3.40. The number of hydrogen-bond acceptors (Lipinski definition) is 4. The van der Waals surface area contributed by atoms with Crippen LogP contribution < -0.4 is 4.74 Å². The number of benzene rings is 2. The minimum absolute atomic E-state index is 0.315. The number of esters is 2. The number of ether oxygens (including phenoxy) is 2. The maximum absolute atomic E-state index is 11.5. The Balaban J connectivity index is 2.50. The van der Waals surface area contributed by atoms with Gasteiger partial charge < -0.3 is 9.47 Å². The van der Waals surface area contributed by atoms with Crippen molar-refractivity contribution in [3.63, 3.8) is 0 Å². The van der Waals surface area contributed by atoms with Crippen LogP contribution >= 0.6 is 0 Å². The first-order chi connectivity index (χ1) is 10.1. The molecule has 0 N–H and O–H groups in total. The molecule has 0 aliphatic rings. The van der Waals surface area contributed by atoms with Crippen molar-refractivity contribution in [2.75, 3.05) is 6.61 Å². The third-order valence-electron chi connectivity index (χ3n) is 2.86. The molecule has 0 aliphatic heterocycles. The smallest absolute Gasteiger partial charge is 0.330 e. The van der Waals surface area contributed by atoms with E-state index in [0.29, 0.717) is 17.9 Å². The molecule has 0 fully saturated rings. The topological polar surface area (TPSA) is 52.6 Å². The second kappa shape index (κ2) is 6.70. The van der Waals surface area contributed by atoms with Crippen LogP contribution in [0.3, 0.4) is 0 Å². The molecule has 0 saturated carbocycles. The van der Waals surface area contributed by atoms with E-state index in [1.54, 1.807) is 19.1 Å². The summed E-state index contributed by atoms with van der Waals surface area (Å²) >= 11 is 0. The van der Waals surface area contributed by atoms with Crippen LogP contribution in [-0.4, -0.2) is 18.5 Å². The van der Waals surface area contributed by atoms with Gasteiger partial charge in [0, 0.05) is 18.6 Å². The molecule has 2 aromatic rings. The molecule has 2 rings (SSSR count). The number of hydrogen-bond donors (Lipinski definition) is 0. The van der Waals surface area contributed by atoms with E-state index in [-0.39, 0.29) is 0 Å². The van der Waals surface area contributed by atoms with Gasteiger partial charge in [-0.3, -0.25) is 4.79 Å². The summed E-state index contributed by atoms with van der Waals surface area (Å²) in [6.07, 6.45) is 2.94. The van der Waals surface area contributed by atoms with Crippen molar-refractivity contribution in [1.82, 2.24) is 0 Å². The lowest BCUT2D eigenvalue weighted by Gasteiger charge is -2.09. The van der Waals surface area contributed by atoms with Crippen molar-refractivity contribution in [3.05, 3.63) is 48.0 Å². The summed E-state index contributed by atoms with van der Waals surface area (Å²) in [6, 6.07) is 11.3. The number of rotatable bonds is 4. The molecular formula is C17H16O4. The van der Waals surface area contributed by atoms with E-state index in [1.165, 1.54) is 13.0 Å². The van der Waals surface area contributed by atoms with Crippen molar-refractivity contribution < 1.29 is 19.1 Å². The van der Waals surface area contributed by atoms with Gasteiger partial charge in [0.2, 0.25) is 0 Å². The minimum Gasteiger partial charge on any atom is -0.463 e. The molecule has 0 saturated heterocycles. The third-order valence-corrected chi connectivity index (χ3v) is 2.86. The molecule has 0 bridgehead atoms. The van der Waals surface area contributed by atoms with E-state index in [4.69, 9.17) is 9.47 Å². The molecule has 0 spiro atoms. The van der Waals surface area contributed by atoms with Gasteiger partial charge in [0.05, 0.1) is 6.61 Å². The molecule has 21 heavy (non-hydrogen) atoms. The first-order valence-corrected chi connectivity index (χ1v) is 6.67. The predicted octanol–water partition coefficient (Wildman–Crippen LogP) is 3.34. The number of carbonyl (C=O) groups is 2. The van der Waals surface area contributed by atoms with Gasteiger partial charge in [0.1, 0.15) is 5.75 Å². The van der Waals surface area contributed by atoms with Gasteiger partial charge in [0.15, 0.2) is 0 Å². The summed E-state index contributed by atoms with van der Waals surface area (Å²) in [4.78, 5) is 22.7. The fourth-order valence-electron chi connectivity index (χ4n) is 2.03. The van der Waals surface area contributed by atoms with Gasteiger partial charge in [-0.15, -0.1) is 0 Å². The summed E-state index contributed by atoms with van der Waals surface area (Å²) in [5, 5.41) is 1.90. The SMILES string of the molecule is CCOC(=O)/C=C/c1c(OC(C)=O)ccc2ccccc12. The normalized spacial score (nSPS) is 10.8. The minimum atomic E-state index is -0.431. The van der Waals surface area contributed by atoms with Crippen LogP contribution in [0.15, 0.2) is 42.5 Å². The molecule has 4 nitrogen and oxygen atoms in total. The Bertz CT molecular complexity index is 701. The highest BCUT2D eigenvalue weighted by Crippen LogP contribution is 2.29. The summed E-state index contributed by atoms with van der Waals surface area (Å²) < 4.78 is 10.1. The fourth-order valence-corrected chi connectivity index (χ4v) is 2.03. The maximum atomic E-state index is 11.5. The average Bonchev–Trinajstić information content (AvgIpc) is 2.45. The average molecular weight is 284 g/mol. The van der Waals surface area contributed by atoms with Crippen LogP contribution in [0.4, 0.5) is 0 Å². The molecule has 4 heteroatoms. The van der Waals surface area contributed by atoms with Crippen molar-refractivity contribution in [2.45, 2.75) is 13.8 Å². The lowest BCUT2D eigenvalue weighted by molar-refractivity contribution is -0.137. The van der Waals surface area contributed by atoms with E-state index < -0.39 is 11.9 Å². The highest BCUT2D eigenvalue weighted by Gasteiger charge is 2.09. The monoisotopic (exact) mass is 284 g/mol. The molecule has 0 aromatic heterocycles. The Morgan fingerprint density at radius 3 is 2.62 bits per heavy atom. The molecule has 108 valence electrons. The van der Waals surface area contributed by atoms with Crippen LogP contribution in [0.25, 0.3) is 16.8 Å². The van der Waals surface area contributed by atoms with Crippen molar-refractivity contribution in [3.8, 4) is 5.75 Å². The molecule has 0 heterocycles. The number of fused-ring (bicyclic) bond motifs is 1. The van der Waals surface area contributed by atoms with Gasteiger partial charge in [-0.25, -0.2) is 4.79 Å². The Kier molecular flexibility index (Phi) is 4.72. The van der Waals surface area contributed by atoms with Crippen molar-refractivity contribution in [2.24, 2.45) is 0 Å². The largest absolute Gasteiger partial charge is 0.463 e. The number of carbonyl (C=O) groups excluding carboxylic acids is 2. The van der Waals surface area contributed by atoms with E-state index in [9.17, 15) is 9.59 Å². The van der Waals surface area contributed by atoms with Crippen LogP contribution in [0.2, 0.25) is 0 Å². The Labute approximate surface area is 123 Å². The highest BCUT2D eigenvalue weighted by molar-refractivity contribution is 5.97. The fraction of sp³-hybridized carbons (Fsp3) is 0.176. The van der Waals surface area contributed by atoms with Crippen LogP contribution in [-0.2, 0) is 14.3 Å². The Morgan fingerprint density at radius 2 is 1.90 bits per heavy atom. The van der Waals surface area contributed by atoms with Gasteiger partial charge in [0.25, 0.3) is 0 Å². The van der Waals surface area contributed by atoms with E-state index in [2.05, 4.69) is 0 Å². The zero-order valence-corrected chi connectivity index (χ0v) is 12.0. The zero-order valence-electron chi connectivity index (χ0n) is 12.0. The lowest BCUT2D eigenvalue weighted by Crippen LogP contribution is -2.03. The van der Waals surface area contributed by atoms with Crippen molar-refractivity contribution >= 4 is 28.8 Å². The molecule has 0 unspecified atom stereocenters. The van der Waals surface area contributed by atoms with Crippen molar-refractivity contribution in [1.29, 1.82) is 0 Å². The van der Waals surface area contributed by atoms with Gasteiger partial charge >= 0.3 is 11.9 Å². The first kappa shape index (κ1) is 14.8. The second-order valence-corrected chi connectivity index (χ2v) is 4.38. The molecule has 2 aromatic carbocycles. The summed E-state index contributed by atoms with van der Waals surface area (Å²) in [5.74, 6) is -0.419. The molecule has 0 atom stereocenters. The Hall–Kier alpha value is -2.62. The lowest BCUT2D eigenvalue weighted by atomic mass is 10.0. The van der Waals surface area contributed by atoms with Crippen LogP contribution in [0.1, 0.15) is 19.4 Å². The van der Waals surface area contributed by atoms with Gasteiger partial charge in [-0.2, -0.15) is 0 Å². The second-order valence-electron chi connectivity index (χ2n) is 4.38. The first-order valence-electron chi connectivity index (χ1n) is 6.67. The quantitative estimate of drug-likeness (QED) is 0.491. The van der Waals surface area contributed by atoms with Crippen LogP contribution in [0.5, 0.6) is 5.75 Å². The molecule has 0 aliphatic carbocycles. The van der Waals surface area contributed by atoms with E-state index in [1.807, 2.05) is 30.3 Å². The standard InChI is InChI=1S/C17H16O4/c1-3-20-17(19)11-9-15-14-7-5-4-6-13(14)8-10-16(15)21-12(2)18/h4-11H,3H2,1-2H3/b11-9+. The maximum Gasteiger partial charge on any atom is 0.330 e. The molecular weight excluding hydrogens is 268 g/mol. The summed E-state index contributed by atoms with van der Waals surface area (Å²) in [5.41, 5.74) is 0.677. The van der Waals surface area contributed by atoms with Crippen LogP contribution in [0, 0.1) is 0 Å². The van der Waals surface area contributed by atoms with E-state index >= 15 is 0 Å². The highest BCUT2D eigenvalue weighted by atomic mass is 16.5. The van der Waals surface area contributed by atoms with E-state index in [0.717, 1.165) is 10.8 Å². The molecule has 0 radical (unpaired) electrons. The van der Waals surface area contributed by atoms with Gasteiger partial charge in [-0.1, -0.05) is 30.3 Å².